The zero-order valence-corrected chi connectivity index (χ0v) is 10.5. The van der Waals surface area contributed by atoms with E-state index in [0.717, 1.165) is 17.8 Å². The van der Waals surface area contributed by atoms with Crippen LogP contribution in [0.1, 0.15) is 26.5 Å². The predicted molar refractivity (Wildman–Crippen MR) is 67.5 cm³/mol. The number of aromatic nitrogens is 1. The highest BCUT2D eigenvalue weighted by Crippen LogP contribution is 2.23. The summed E-state index contributed by atoms with van der Waals surface area (Å²) in [7, 11) is 0. The van der Waals surface area contributed by atoms with Crippen LogP contribution >= 0.6 is 0 Å². The van der Waals surface area contributed by atoms with Gasteiger partial charge < -0.3 is 9.30 Å². The number of nitrogens with zero attached hydrogens (tertiary/aromatic N) is 1. The molecule has 2 nitrogen and oxygen atoms in total. The lowest BCUT2D eigenvalue weighted by molar-refractivity contribution is 0.0620. The van der Waals surface area contributed by atoms with Crippen molar-refractivity contribution in [1.82, 2.24) is 4.57 Å². The lowest BCUT2D eigenvalue weighted by Crippen LogP contribution is -2.07. The normalized spacial score (nSPS) is 11.6. The number of hydrogen-bond donors (Lipinski definition) is 0. The molecule has 17 heavy (non-hydrogen) atoms. The number of halogens is 1. The first-order chi connectivity index (χ1) is 8.13. The fourth-order valence-electron chi connectivity index (χ4n) is 2.05. The third-order valence-electron chi connectivity index (χ3n) is 2.86. The van der Waals surface area contributed by atoms with Gasteiger partial charge in [0.2, 0.25) is 0 Å². The zero-order valence-electron chi connectivity index (χ0n) is 10.5. The van der Waals surface area contributed by atoms with Gasteiger partial charge in [-0.2, -0.15) is 0 Å². The van der Waals surface area contributed by atoms with Crippen molar-refractivity contribution in [3.63, 3.8) is 0 Å². The molecule has 0 radical (unpaired) electrons. The van der Waals surface area contributed by atoms with Crippen molar-refractivity contribution in [3.05, 3.63) is 35.8 Å². The molecule has 0 amide bonds. The first kappa shape index (κ1) is 12.1. The minimum atomic E-state index is -0.166. The lowest BCUT2D eigenvalue weighted by Gasteiger charge is -2.10. The Bertz CT molecular complexity index is 516. The molecule has 2 aromatic rings. The standard InChI is InChI=1S/C14H18FNO/c1-4-16-11(9-17-10(2)3)8-12-13(15)6-5-7-14(12)16/h5-8,10H,4,9H2,1-3H3. The van der Waals surface area contributed by atoms with Gasteiger partial charge in [-0.3, -0.25) is 0 Å². The van der Waals surface area contributed by atoms with Crippen molar-refractivity contribution in [1.29, 1.82) is 0 Å². The lowest BCUT2D eigenvalue weighted by atomic mass is 10.2. The summed E-state index contributed by atoms with van der Waals surface area (Å²) in [6.07, 6.45) is 0.183. The monoisotopic (exact) mass is 235 g/mol. The van der Waals surface area contributed by atoms with E-state index in [2.05, 4.69) is 11.5 Å². The van der Waals surface area contributed by atoms with E-state index in [1.807, 2.05) is 26.0 Å². The molecule has 3 heteroatoms. The van der Waals surface area contributed by atoms with Crippen LogP contribution in [-0.4, -0.2) is 10.7 Å². The van der Waals surface area contributed by atoms with E-state index >= 15 is 0 Å². The minimum absolute atomic E-state index is 0.166. The number of benzene rings is 1. The second-order valence-electron chi connectivity index (χ2n) is 4.41. The van der Waals surface area contributed by atoms with Gasteiger partial charge in [-0.1, -0.05) is 6.07 Å². The molecule has 0 saturated carbocycles. The Kier molecular flexibility index (Phi) is 3.48. The van der Waals surface area contributed by atoms with Crippen molar-refractivity contribution in [2.24, 2.45) is 0 Å². The van der Waals surface area contributed by atoms with Crippen LogP contribution in [0.25, 0.3) is 10.9 Å². The number of hydrogen-bond acceptors (Lipinski definition) is 1. The number of fused-ring (bicyclic) bond motifs is 1. The molecule has 1 aromatic carbocycles. The van der Waals surface area contributed by atoms with Gasteiger partial charge in [-0.05, 0) is 39.0 Å². The highest BCUT2D eigenvalue weighted by molar-refractivity contribution is 5.82. The van der Waals surface area contributed by atoms with Crippen LogP contribution in [0.3, 0.4) is 0 Å². The van der Waals surface area contributed by atoms with Crippen molar-refractivity contribution in [2.75, 3.05) is 0 Å². The number of ether oxygens (including phenoxy) is 1. The third kappa shape index (κ3) is 2.34. The summed E-state index contributed by atoms with van der Waals surface area (Å²) in [6.45, 7) is 7.41. The molecular weight excluding hydrogens is 217 g/mol. The van der Waals surface area contributed by atoms with Crippen LogP contribution < -0.4 is 0 Å². The molecule has 2 rings (SSSR count). The van der Waals surface area contributed by atoms with Crippen LogP contribution in [0.5, 0.6) is 0 Å². The van der Waals surface area contributed by atoms with Gasteiger partial charge in [-0.15, -0.1) is 0 Å². The van der Waals surface area contributed by atoms with E-state index in [1.54, 1.807) is 6.07 Å². The quantitative estimate of drug-likeness (QED) is 0.787. The van der Waals surface area contributed by atoms with Crippen molar-refractivity contribution in [3.8, 4) is 0 Å². The Balaban J connectivity index is 2.44. The van der Waals surface area contributed by atoms with Gasteiger partial charge in [0.15, 0.2) is 0 Å². The van der Waals surface area contributed by atoms with Gasteiger partial charge in [0.05, 0.1) is 18.2 Å². The second kappa shape index (κ2) is 4.88. The topological polar surface area (TPSA) is 14.2 Å². The van der Waals surface area contributed by atoms with Crippen molar-refractivity contribution in [2.45, 2.75) is 40.0 Å². The average molecular weight is 235 g/mol. The number of rotatable bonds is 4. The average Bonchev–Trinajstić information content (AvgIpc) is 2.65. The van der Waals surface area contributed by atoms with Crippen LogP contribution in [0.4, 0.5) is 4.39 Å². The second-order valence-corrected chi connectivity index (χ2v) is 4.41. The summed E-state index contributed by atoms with van der Waals surface area (Å²) < 4.78 is 21.4. The van der Waals surface area contributed by atoms with Crippen LogP contribution in [-0.2, 0) is 17.9 Å². The summed E-state index contributed by atoms with van der Waals surface area (Å²) >= 11 is 0. The van der Waals surface area contributed by atoms with E-state index in [9.17, 15) is 4.39 Å². The van der Waals surface area contributed by atoms with Gasteiger partial charge in [0, 0.05) is 17.6 Å². The molecule has 1 heterocycles. The van der Waals surface area contributed by atoms with Crippen molar-refractivity contribution >= 4 is 10.9 Å². The molecule has 0 fully saturated rings. The van der Waals surface area contributed by atoms with E-state index in [0.29, 0.717) is 12.0 Å². The van der Waals surface area contributed by atoms with Crippen LogP contribution in [0.15, 0.2) is 24.3 Å². The molecule has 1 aromatic heterocycles. The Morgan fingerprint density at radius 1 is 1.35 bits per heavy atom. The molecule has 0 aliphatic heterocycles. The number of aryl methyl sites for hydroxylation is 1. The van der Waals surface area contributed by atoms with Gasteiger partial charge in [0.25, 0.3) is 0 Å². The highest BCUT2D eigenvalue weighted by Gasteiger charge is 2.10. The first-order valence-electron chi connectivity index (χ1n) is 6.01. The Morgan fingerprint density at radius 3 is 2.76 bits per heavy atom. The van der Waals surface area contributed by atoms with Crippen molar-refractivity contribution < 1.29 is 9.13 Å². The molecular formula is C14H18FNO. The fourth-order valence-corrected chi connectivity index (χ4v) is 2.05. The Hall–Kier alpha value is -1.35. The SMILES string of the molecule is CCn1c(COC(C)C)cc2c(F)cccc21. The fraction of sp³-hybridized carbons (Fsp3) is 0.429. The highest BCUT2D eigenvalue weighted by atomic mass is 19.1. The molecule has 0 aliphatic rings. The largest absolute Gasteiger partial charge is 0.373 e. The molecule has 0 saturated heterocycles. The zero-order chi connectivity index (χ0) is 12.4. The maximum absolute atomic E-state index is 13.7. The predicted octanol–water partition coefficient (Wildman–Crippen LogP) is 3.73. The molecule has 0 bridgehead atoms. The Morgan fingerprint density at radius 2 is 2.12 bits per heavy atom. The van der Waals surface area contributed by atoms with E-state index < -0.39 is 0 Å². The van der Waals surface area contributed by atoms with E-state index in [-0.39, 0.29) is 11.9 Å². The minimum Gasteiger partial charge on any atom is -0.373 e. The maximum Gasteiger partial charge on any atom is 0.132 e. The molecule has 0 unspecified atom stereocenters. The summed E-state index contributed by atoms with van der Waals surface area (Å²) in [5.74, 6) is -0.166. The summed E-state index contributed by atoms with van der Waals surface area (Å²) in [5.41, 5.74) is 1.97. The molecule has 0 spiro atoms. The van der Waals surface area contributed by atoms with Gasteiger partial charge >= 0.3 is 0 Å². The van der Waals surface area contributed by atoms with Gasteiger partial charge in [0.1, 0.15) is 5.82 Å². The molecule has 0 atom stereocenters. The van der Waals surface area contributed by atoms with Gasteiger partial charge in [-0.25, -0.2) is 4.39 Å². The Labute approximate surface area is 101 Å². The van der Waals surface area contributed by atoms with E-state index in [1.165, 1.54) is 6.07 Å². The van der Waals surface area contributed by atoms with Crippen LogP contribution in [0, 0.1) is 5.82 Å². The third-order valence-corrected chi connectivity index (χ3v) is 2.86. The first-order valence-corrected chi connectivity index (χ1v) is 6.01. The molecule has 0 aliphatic carbocycles. The summed E-state index contributed by atoms with van der Waals surface area (Å²) in [6, 6.07) is 7.07. The molecule has 0 N–H and O–H groups in total. The van der Waals surface area contributed by atoms with Crippen LogP contribution in [0.2, 0.25) is 0 Å². The summed E-state index contributed by atoms with van der Waals surface area (Å²) in [5, 5.41) is 0.678. The summed E-state index contributed by atoms with van der Waals surface area (Å²) in [4.78, 5) is 0. The molecule has 92 valence electrons. The van der Waals surface area contributed by atoms with E-state index in [4.69, 9.17) is 4.74 Å². The smallest absolute Gasteiger partial charge is 0.132 e. The maximum atomic E-state index is 13.7.